The summed E-state index contributed by atoms with van der Waals surface area (Å²) in [5.41, 5.74) is 1.84. The van der Waals surface area contributed by atoms with E-state index in [-0.39, 0.29) is 24.1 Å². The van der Waals surface area contributed by atoms with Gasteiger partial charge in [-0.1, -0.05) is 15.9 Å². The molecule has 0 bridgehead atoms. The Morgan fingerprint density at radius 2 is 1.76 bits per heavy atom. The number of ketones is 1. The maximum Gasteiger partial charge on any atom is 0.272 e. The highest BCUT2D eigenvalue weighted by Crippen LogP contribution is 2.23. The summed E-state index contributed by atoms with van der Waals surface area (Å²) < 4.78 is 15.6. The van der Waals surface area contributed by atoms with Crippen molar-refractivity contribution < 1.29 is 14.0 Å². The van der Waals surface area contributed by atoms with Gasteiger partial charge in [0.2, 0.25) is 0 Å². The molecule has 1 aliphatic heterocycles. The Morgan fingerprint density at radius 3 is 2.45 bits per heavy atom. The minimum Gasteiger partial charge on any atom is -0.335 e. The quantitative estimate of drug-likeness (QED) is 0.563. The maximum atomic E-state index is 13.1. The molecule has 0 atom stereocenters. The largest absolute Gasteiger partial charge is 0.335 e. The Morgan fingerprint density at radius 1 is 1.07 bits per heavy atom. The van der Waals surface area contributed by atoms with Gasteiger partial charge in [-0.15, -0.1) is 0 Å². The van der Waals surface area contributed by atoms with Crippen LogP contribution >= 0.6 is 15.9 Å². The Balaban J connectivity index is 1.41. The number of aryl methyl sites for hydroxylation is 1. The van der Waals surface area contributed by atoms with Crippen LogP contribution in [0.5, 0.6) is 0 Å². The van der Waals surface area contributed by atoms with Crippen LogP contribution in [0.2, 0.25) is 0 Å². The topological polar surface area (TPSA) is 58.4 Å². The van der Waals surface area contributed by atoms with E-state index in [1.807, 2.05) is 23.1 Å². The number of benzene rings is 2. The van der Waals surface area contributed by atoms with E-state index < -0.39 is 0 Å². The van der Waals surface area contributed by atoms with Crippen LogP contribution in [0, 0.1) is 5.82 Å². The first-order valence-electron chi connectivity index (χ1n) is 9.35. The average molecular weight is 459 g/mol. The van der Waals surface area contributed by atoms with Gasteiger partial charge in [-0.2, -0.15) is 5.10 Å². The first-order chi connectivity index (χ1) is 13.9. The molecule has 6 nitrogen and oxygen atoms in total. The number of halogens is 2. The fraction of sp³-hybridized carbons (Fsp3) is 0.286. The summed E-state index contributed by atoms with van der Waals surface area (Å²) in [6.07, 6.45) is 0. The normalized spacial score (nSPS) is 15.1. The van der Waals surface area contributed by atoms with Gasteiger partial charge in [0.05, 0.1) is 12.1 Å². The van der Waals surface area contributed by atoms with Crippen molar-refractivity contribution in [2.75, 3.05) is 32.7 Å². The van der Waals surface area contributed by atoms with E-state index in [1.165, 1.54) is 24.3 Å². The van der Waals surface area contributed by atoms with E-state index in [1.54, 1.807) is 16.6 Å². The summed E-state index contributed by atoms with van der Waals surface area (Å²) in [4.78, 5) is 29.3. The number of aromatic nitrogens is 2. The fourth-order valence-electron chi connectivity index (χ4n) is 3.62. The zero-order valence-electron chi connectivity index (χ0n) is 15.9. The van der Waals surface area contributed by atoms with Crippen molar-refractivity contribution in [1.82, 2.24) is 19.6 Å². The number of piperazine rings is 1. The van der Waals surface area contributed by atoms with Crippen LogP contribution < -0.4 is 0 Å². The minimum absolute atomic E-state index is 0.0482. The number of rotatable bonds is 4. The highest BCUT2D eigenvalue weighted by molar-refractivity contribution is 9.10. The fourth-order valence-corrected chi connectivity index (χ4v) is 3.97. The molecule has 2 heterocycles. The van der Waals surface area contributed by atoms with Crippen LogP contribution in [0.25, 0.3) is 10.9 Å². The molecular formula is C21H20BrFN4O2. The van der Waals surface area contributed by atoms with Crippen LogP contribution in [0.15, 0.2) is 46.9 Å². The molecule has 0 spiro atoms. The summed E-state index contributed by atoms with van der Waals surface area (Å²) >= 11 is 3.43. The van der Waals surface area contributed by atoms with Crippen molar-refractivity contribution >= 4 is 38.5 Å². The van der Waals surface area contributed by atoms with Crippen LogP contribution in [0.4, 0.5) is 4.39 Å². The molecule has 3 aromatic rings. The molecule has 0 saturated carbocycles. The van der Waals surface area contributed by atoms with E-state index in [2.05, 4.69) is 21.0 Å². The molecule has 0 radical (unpaired) electrons. The molecule has 1 amide bonds. The Hall–Kier alpha value is -2.58. The van der Waals surface area contributed by atoms with Crippen molar-refractivity contribution in [3.63, 3.8) is 0 Å². The number of hydrogen-bond acceptors (Lipinski definition) is 4. The molecule has 0 aliphatic carbocycles. The van der Waals surface area contributed by atoms with Gasteiger partial charge in [0.15, 0.2) is 5.78 Å². The number of carbonyl (C=O) groups is 2. The van der Waals surface area contributed by atoms with Gasteiger partial charge in [0.1, 0.15) is 11.5 Å². The second-order valence-electron chi connectivity index (χ2n) is 7.13. The van der Waals surface area contributed by atoms with Gasteiger partial charge >= 0.3 is 0 Å². The lowest BCUT2D eigenvalue weighted by molar-refractivity contribution is 0.0616. The molecule has 1 saturated heterocycles. The van der Waals surface area contributed by atoms with E-state index in [0.29, 0.717) is 37.4 Å². The van der Waals surface area contributed by atoms with Crippen LogP contribution in [0.1, 0.15) is 20.8 Å². The SMILES string of the molecule is Cn1nc2cc(Br)ccc2c1C(=O)N1CCN(CC(=O)c2ccc(F)cc2)CC1. The lowest BCUT2D eigenvalue weighted by Gasteiger charge is -2.34. The number of Topliss-reactive ketones (excluding diaryl/α,β-unsaturated/α-hetero) is 1. The molecule has 1 fully saturated rings. The number of carbonyl (C=O) groups excluding carboxylic acids is 2. The maximum absolute atomic E-state index is 13.1. The number of amides is 1. The third kappa shape index (κ3) is 4.09. The van der Waals surface area contributed by atoms with Crippen molar-refractivity contribution in [2.24, 2.45) is 7.05 Å². The van der Waals surface area contributed by atoms with Crippen molar-refractivity contribution in [2.45, 2.75) is 0 Å². The minimum atomic E-state index is -0.358. The predicted molar refractivity (Wildman–Crippen MR) is 111 cm³/mol. The van der Waals surface area contributed by atoms with Crippen molar-refractivity contribution in [1.29, 1.82) is 0 Å². The molecule has 0 N–H and O–H groups in total. The molecule has 1 aromatic heterocycles. The van der Waals surface area contributed by atoms with E-state index in [0.717, 1.165) is 15.4 Å². The highest BCUT2D eigenvalue weighted by Gasteiger charge is 2.27. The molecule has 2 aromatic carbocycles. The molecule has 8 heteroatoms. The number of fused-ring (bicyclic) bond motifs is 1. The van der Waals surface area contributed by atoms with Gasteiger partial charge in [-0.3, -0.25) is 19.2 Å². The van der Waals surface area contributed by atoms with Crippen LogP contribution in [-0.4, -0.2) is 64.0 Å². The lowest BCUT2D eigenvalue weighted by Crippen LogP contribution is -2.50. The predicted octanol–water partition coefficient (Wildman–Crippen LogP) is 3.12. The second kappa shape index (κ2) is 8.04. The summed E-state index contributed by atoms with van der Waals surface area (Å²) in [6, 6.07) is 11.3. The monoisotopic (exact) mass is 458 g/mol. The van der Waals surface area contributed by atoms with E-state index in [9.17, 15) is 14.0 Å². The van der Waals surface area contributed by atoms with Crippen molar-refractivity contribution in [3.8, 4) is 0 Å². The molecule has 150 valence electrons. The first kappa shape index (κ1) is 19.7. The molecular weight excluding hydrogens is 439 g/mol. The van der Waals surface area contributed by atoms with Gasteiger partial charge in [0, 0.05) is 48.6 Å². The summed E-state index contributed by atoms with van der Waals surface area (Å²) in [5, 5.41) is 5.27. The van der Waals surface area contributed by atoms with Gasteiger partial charge < -0.3 is 4.90 Å². The molecule has 29 heavy (non-hydrogen) atoms. The van der Waals surface area contributed by atoms with Crippen LogP contribution in [0.3, 0.4) is 0 Å². The molecule has 1 aliphatic rings. The van der Waals surface area contributed by atoms with Gasteiger partial charge in [0.25, 0.3) is 5.91 Å². The van der Waals surface area contributed by atoms with E-state index in [4.69, 9.17) is 0 Å². The van der Waals surface area contributed by atoms with Crippen LogP contribution in [-0.2, 0) is 7.05 Å². The van der Waals surface area contributed by atoms with Crippen molar-refractivity contribution in [3.05, 3.63) is 64.0 Å². The summed E-state index contributed by atoms with van der Waals surface area (Å²) in [5.74, 6) is -0.460. The number of hydrogen-bond donors (Lipinski definition) is 0. The Bertz CT molecular complexity index is 1070. The molecule has 0 unspecified atom stereocenters. The van der Waals surface area contributed by atoms with Gasteiger partial charge in [-0.05, 0) is 42.5 Å². The molecule has 4 rings (SSSR count). The Labute approximate surface area is 176 Å². The summed E-state index contributed by atoms with van der Waals surface area (Å²) in [7, 11) is 1.78. The Kier molecular flexibility index (Phi) is 5.47. The van der Waals surface area contributed by atoms with Gasteiger partial charge in [-0.25, -0.2) is 4.39 Å². The zero-order chi connectivity index (χ0) is 20.5. The summed E-state index contributed by atoms with van der Waals surface area (Å²) in [6.45, 7) is 2.56. The number of nitrogens with zero attached hydrogens (tertiary/aromatic N) is 4. The zero-order valence-corrected chi connectivity index (χ0v) is 17.5. The smallest absolute Gasteiger partial charge is 0.272 e. The third-order valence-corrected chi connectivity index (χ3v) is 5.68. The first-order valence-corrected chi connectivity index (χ1v) is 10.1. The standard InChI is InChI=1S/C21H20BrFN4O2/c1-25-20(17-7-4-15(22)12-18(17)24-25)21(29)27-10-8-26(9-11-27)13-19(28)14-2-5-16(23)6-3-14/h2-7,12H,8-11,13H2,1H3. The lowest BCUT2D eigenvalue weighted by atomic mass is 10.1. The second-order valence-corrected chi connectivity index (χ2v) is 8.05. The average Bonchev–Trinajstić information content (AvgIpc) is 3.03. The highest BCUT2D eigenvalue weighted by atomic mass is 79.9. The third-order valence-electron chi connectivity index (χ3n) is 5.19. The van der Waals surface area contributed by atoms with E-state index >= 15 is 0 Å².